The fourth-order valence-electron chi connectivity index (χ4n) is 5.39. The number of hydrogen-bond acceptors (Lipinski definition) is 7. The predicted octanol–water partition coefficient (Wildman–Crippen LogP) is 3.15. The van der Waals surface area contributed by atoms with Gasteiger partial charge in [-0.05, 0) is 65.0 Å². The first-order valence-corrected chi connectivity index (χ1v) is 13.5. The minimum atomic E-state index is -0.854. The Labute approximate surface area is 222 Å². The molecule has 1 aromatic rings. The highest BCUT2D eigenvalue weighted by Crippen LogP contribution is 2.32. The van der Waals surface area contributed by atoms with Crippen molar-refractivity contribution in [3.8, 4) is 0 Å². The minimum absolute atomic E-state index is 0.00206. The lowest BCUT2D eigenvalue weighted by Crippen LogP contribution is -2.49. The number of amides is 3. The van der Waals surface area contributed by atoms with Crippen molar-refractivity contribution in [1.82, 2.24) is 20.7 Å². The van der Waals surface area contributed by atoms with E-state index >= 15 is 0 Å². The van der Waals surface area contributed by atoms with Crippen molar-refractivity contribution in [3.05, 3.63) is 29.3 Å². The maximum Gasteiger partial charge on any atom is 0.422 e. The Morgan fingerprint density at radius 2 is 1.71 bits per heavy atom. The van der Waals surface area contributed by atoms with Crippen molar-refractivity contribution >= 4 is 23.6 Å². The second-order valence-corrected chi connectivity index (χ2v) is 11.5. The van der Waals surface area contributed by atoms with Crippen LogP contribution in [0.25, 0.3) is 0 Å². The number of carbonyl (C=O) groups is 3. The molecule has 38 heavy (non-hydrogen) atoms. The van der Waals surface area contributed by atoms with Gasteiger partial charge in [-0.1, -0.05) is 0 Å². The molecule has 1 aromatic carbocycles. The first-order valence-electron chi connectivity index (χ1n) is 13.5. The van der Waals surface area contributed by atoms with Crippen LogP contribution in [0.3, 0.4) is 0 Å². The highest BCUT2D eigenvalue weighted by Gasteiger charge is 2.32. The number of nitrogens with one attached hydrogen (secondary N) is 2. The van der Waals surface area contributed by atoms with Crippen molar-refractivity contribution in [2.45, 2.75) is 64.4 Å². The summed E-state index contributed by atoms with van der Waals surface area (Å²) in [6.07, 6.45) is 2.93. The quantitative estimate of drug-likeness (QED) is 0.541. The molecular weight excluding hydrogens is 496 g/mol. The molecule has 3 saturated heterocycles. The van der Waals surface area contributed by atoms with E-state index in [9.17, 15) is 23.2 Å². The van der Waals surface area contributed by atoms with Crippen molar-refractivity contribution in [2.75, 3.05) is 50.7 Å². The number of nitrogens with zero attached hydrogens (tertiary/aromatic N) is 3. The summed E-state index contributed by atoms with van der Waals surface area (Å²) in [5.41, 5.74) is 2.51. The molecule has 4 rings (SSSR count). The van der Waals surface area contributed by atoms with Crippen molar-refractivity contribution in [2.24, 2.45) is 5.92 Å². The lowest BCUT2D eigenvalue weighted by atomic mass is 9.89. The Bertz CT molecular complexity index is 1030. The molecule has 0 spiro atoms. The molecule has 0 aromatic heterocycles. The van der Waals surface area contributed by atoms with E-state index in [1.807, 2.05) is 30.7 Å². The van der Waals surface area contributed by atoms with Gasteiger partial charge >= 0.3 is 6.09 Å². The van der Waals surface area contributed by atoms with Gasteiger partial charge in [0, 0.05) is 57.3 Å². The van der Waals surface area contributed by atoms with E-state index in [0.29, 0.717) is 19.0 Å². The molecular formula is C27H39F2N5O4. The van der Waals surface area contributed by atoms with Gasteiger partial charge in [-0.3, -0.25) is 25.2 Å². The number of halogens is 2. The number of hydrogen-bond donors (Lipinski definition) is 2. The van der Waals surface area contributed by atoms with Crippen LogP contribution < -0.4 is 15.6 Å². The number of carbonyl (C=O) groups excluding carboxylic acids is 3. The minimum Gasteiger partial charge on any atom is -0.443 e. The molecule has 0 radical (unpaired) electrons. The van der Waals surface area contributed by atoms with Crippen molar-refractivity contribution in [1.29, 1.82) is 0 Å². The van der Waals surface area contributed by atoms with E-state index in [0.717, 1.165) is 58.1 Å². The average Bonchev–Trinajstić information content (AvgIpc) is 2.84. The first-order chi connectivity index (χ1) is 18.0. The number of imide groups is 1. The van der Waals surface area contributed by atoms with Crippen LogP contribution in [0.2, 0.25) is 0 Å². The summed E-state index contributed by atoms with van der Waals surface area (Å²) in [6, 6.07) is 2.30. The molecule has 1 atom stereocenters. The largest absolute Gasteiger partial charge is 0.443 e. The smallest absolute Gasteiger partial charge is 0.422 e. The van der Waals surface area contributed by atoms with Crippen LogP contribution in [0.4, 0.5) is 19.3 Å². The van der Waals surface area contributed by atoms with Crippen molar-refractivity contribution < 1.29 is 27.9 Å². The van der Waals surface area contributed by atoms with Crippen LogP contribution in [0.1, 0.15) is 64.4 Å². The third kappa shape index (κ3) is 7.41. The molecule has 9 nitrogen and oxygen atoms in total. The lowest BCUT2D eigenvalue weighted by Gasteiger charge is -2.38. The first kappa shape index (κ1) is 28.2. The molecule has 11 heteroatoms. The summed E-state index contributed by atoms with van der Waals surface area (Å²) in [7, 11) is 0. The van der Waals surface area contributed by atoms with Gasteiger partial charge in [0.25, 0.3) is 0 Å². The second kappa shape index (κ2) is 11.9. The van der Waals surface area contributed by atoms with Gasteiger partial charge in [-0.15, -0.1) is 0 Å². The number of rotatable bonds is 6. The number of piperazine rings is 1. The number of piperidine rings is 2. The fraction of sp³-hybridized carbons (Fsp3) is 0.667. The lowest BCUT2D eigenvalue weighted by molar-refractivity contribution is -0.134. The van der Waals surface area contributed by atoms with Crippen LogP contribution in [0.5, 0.6) is 0 Å². The number of benzene rings is 1. The number of anilines is 1. The highest BCUT2D eigenvalue weighted by atomic mass is 19.1. The predicted molar refractivity (Wildman–Crippen MR) is 138 cm³/mol. The molecule has 3 fully saturated rings. The van der Waals surface area contributed by atoms with E-state index in [1.165, 1.54) is 6.07 Å². The molecule has 210 valence electrons. The Kier molecular flexibility index (Phi) is 8.87. The van der Waals surface area contributed by atoms with Crippen LogP contribution in [0.15, 0.2) is 12.1 Å². The van der Waals surface area contributed by atoms with E-state index in [1.54, 1.807) is 0 Å². The van der Waals surface area contributed by atoms with Crippen LogP contribution in [0, 0.1) is 17.6 Å². The number of hydrazine groups is 1. The molecule has 0 bridgehead atoms. The molecule has 3 aliphatic heterocycles. The zero-order valence-electron chi connectivity index (χ0n) is 22.5. The molecule has 3 heterocycles. The SMILES string of the molecule is CC(C)(C)OC(=O)NN1CCC(CCN2CCN(c3cc(F)c(C4CCC(=O)NC4=O)cc3F)CC2)CC1. The normalized spacial score (nSPS) is 22.3. The van der Waals surface area contributed by atoms with E-state index in [2.05, 4.69) is 15.6 Å². The van der Waals surface area contributed by atoms with Crippen LogP contribution in [-0.2, 0) is 14.3 Å². The van der Waals surface area contributed by atoms with Gasteiger partial charge in [0.2, 0.25) is 11.8 Å². The zero-order valence-corrected chi connectivity index (χ0v) is 22.5. The summed E-state index contributed by atoms with van der Waals surface area (Å²) in [5.74, 6) is -2.41. The zero-order chi connectivity index (χ0) is 27.4. The summed E-state index contributed by atoms with van der Waals surface area (Å²) < 4.78 is 35.2. The van der Waals surface area contributed by atoms with Gasteiger partial charge in [0.15, 0.2) is 0 Å². The van der Waals surface area contributed by atoms with E-state index in [-0.39, 0.29) is 30.0 Å². The second-order valence-electron chi connectivity index (χ2n) is 11.5. The van der Waals surface area contributed by atoms with Gasteiger partial charge in [-0.25, -0.2) is 18.6 Å². The van der Waals surface area contributed by atoms with Gasteiger partial charge in [-0.2, -0.15) is 0 Å². The maximum atomic E-state index is 15.0. The summed E-state index contributed by atoms with van der Waals surface area (Å²) >= 11 is 0. The Morgan fingerprint density at radius 1 is 1.03 bits per heavy atom. The molecule has 0 aliphatic carbocycles. The maximum absolute atomic E-state index is 15.0. The monoisotopic (exact) mass is 535 g/mol. The molecule has 1 unspecified atom stereocenters. The van der Waals surface area contributed by atoms with E-state index in [4.69, 9.17) is 4.74 Å². The topological polar surface area (TPSA) is 94.2 Å². The summed E-state index contributed by atoms with van der Waals surface area (Å²) in [5, 5.41) is 4.12. The molecule has 3 aliphatic rings. The fourth-order valence-corrected chi connectivity index (χ4v) is 5.39. The van der Waals surface area contributed by atoms with Crippen LogP contribution in [-0.4, -0.2) is 79.2 Å². The Morgan fingerprint density at radius 3 is 2.34 bits per heavy atom. The van der Waals surface area contributed by atoms with Gasteiger partial charge in [0.05, 0.1) is 11.6 Å². The summed E-state index contributed by atoms with van der Waals surface area (Å²) in [6.45, 7) is 10.7. The third-order valence-electron chi connectivity index (χ3n) is 7.51. The molecule has 0 saturated carbocycles. The number of ether oxygens (including phenoxy) is 1. The Hall–Kier alpha value is -2.79. The van der Waals surface area contributed by atoms with Gasteiger partial charge in [0.1, 0.15) is 17.2 Å². The molecule has 3 amide bonds. The third-order valence-corrected chi connectivity index (χ3v) is 7.51. The average molecular weight is 536 g/mol. The van der Waals surface area contributed by atoms with Crippen LogP contribution >= 0.6 is 0 Å². The summed E-state index contributed by atoms with van der Waals surface area (Å²) in [4.78, 5) is 39.7. The Balaban J connectivity index is 1.20. The van der Waals surface area contributed by atoms with Gasteiger partial charge < -0.3 is 9.64 Å². The van der Waals surface area contributed by atoms with E-state index < -0.39 is 35.2 Å². The molecule has 2 N–H and O–H groups in total. The standard InChI is InChI=1S/C27H39F2N5O4/c1-27(2,3)38-26(37)31-34-10-7-18(8-11-34)6-9-32-12-14-33(15-13-32)23-17-21(28)20(16-22(23)29)19-4-5-24(35)30-25(19)36/h16-19H,4-15H2,1-3H3,(H,31,37)(H,30,35,36). The van der Waals surface area contributed by atoms with Crippen molar-refractivity contribution in [3.63, 3.8) is 0 Å². The highest BCUT2D eigenvalue weighted by molar-refractivity contribution is 6.01.